The number of aliphatic hydroxyl groups is 2. The molecule has 3 N–H and O–H groups in total. The van der Waals surface area contributed by atoms with Crippen molar-refractivity contribution in [3.05, 3.63) is 22.7 Å². The van der Waals surface area contributed by atoms with E-state index in [-0.39, 0.29) is 13.2 Å². The Labute approximate surface area is 111 Å². The van der Waals surface area contributed by atoms with Crippen LogP contribution >= 0.6 is 11.6 Å². The second kappa shape index (κ2) is 7.43. The van der Waals surface area contributed by atoms with Gasteiger partial charge in [-0.25, -0.2) is 0 Å². The van der Waals surface area contributed by atoms with Gasteiger partial charge in [0, 0.05) is 23.2 Å². The molecular formula is C12H18ClNO4. The van der Waals surface area contributed by atoms with Crippen LogP contribution in [0.1, 0.15) is 5.56 Å². The van der Waals surface area contributed by atoms with E-state index in [0.29, 0.717) is 23.1 Å². The Morgan fingerprint density at radius 3 is 2.72 bits per heavy atom. The van der Waals surface area contributed by atoms with Crippen LogP contribution in [0.5, 0.6) is 11.5 Å². The van der Waals surface area contributed by atoms with Gasteiger partial charge >= 0.3 is 0 Å². The fourth-order valence-electron chi connectivity index (χ4n) is 1.49. The maximum absolute atomic E-state index is 9.30. The zero-order valence-electron chi connectivity index (χ0n) is 10.4. The first-order chi connectivity index (χ1) is 8.62. The van der Waals surface area contributed by atoms with E-state index in [1.807, 2.05) is 0 Å². The summed E-state index contributed by atoms with van der Waals surface area (Å²) in [5, 5.41) is 21.6. The molecule has 0 bridgehead atoms. The van der Waals surface area contributed by atoms with Crippen molar-refractivity contribution in [2.45, 2.75) is 12.6 Å². The van der Waals surface area contributed by atoms with Crippen molar-refractivity contribution < 1.29 is 19.7 Å². The molecule has 1 unspecified atom stereocenters. The molecule has 0 fully saturated rings. The topological polar surface area (TPSA) is 71.0 Å². The summed E-state index contributed by atoms with van der Waals surface area (Å²) in [6.07, 6.45) is -0.923. The largest absolute Gasteiger partial charge is 0.493 e. The monoisotopic (exact) mass is 275 g/mol. The van der Waals surface area contributed by atoms with Crippen LogP contribution in [0.15, 0.2) is 12.1 Å². The third-order valence-electron chi connectivity index (χ3n) is 2.31. The van der Waals surface area contributed by atoms with Crippen LogP contribution in [0.4, 0.5) is 0 Å². The fraction of sp³-hybridized carbons (Fsp3) is 0.500. The third kappa shape index (κ3) is 4.03. The summed E-state index contributed by atoms with van der Waals surface area (Å²) in [5.41, 5.74) is 0.826. The van der Waals surface area contributed by atoms with Crippen molar-refractivity contribution in [2.75, 3.05) is 27.4 Å². The van der Waals surface area contributed by atoms with Crippen molar-refractivity contribution in [3.8, 4) is 11.5 Å². The highest BCUT2D eigenvalue weighted by Gasteiger charge is 2.14. The molecule has 5 nitrogen and oxygen atoms in total. The Bertz CT molecular complexity index is 387. The highest BCUT2D eigenvalue weighted by atomic mass is 35.5. The van der Waals surface area contributed by atoms with Crippen LogP contribution < -0.4 is 14.8 Å². The normalized spacial score (nSPS) is 12.3. The number of halogens is 1. The summed E-state index contributed by atoms with van der Waals surface area (Å²) in [7, 11) is 3.32. The highest BCUT2D eigenvalue weighted by molar-refractivity contribution is 6.30. The summed E-state index contributed by atoms with van der Waals surface area (Å²) < 4.78 is 10.7. The summed E-state index contributed by atoms with van der Waals surface area (Å²) in [6, 6.07) is 3.41. The van der Waals surface area contributed by atoms with Crippen LogP contribution in [0.2, 0.25) is 5.02 Å². The number of hydrogen-bond acceptors (Lipinski definition) is 5. The molecule has 0 heterocycles. The van der Waals surface area contributed by atoms with Crippen molar-refractivity contribution in [1.29, 1.82) is 0 Å². The predicted octanol–water partition coefficient (Wildman–Crippen LogP) is 0.800. The van der Waals surface area contributed by atoms with Crippen molar-refractivity contribution in [1.82, 2.24) is 5.32 Å². The maximum Gasteiger partial charge on any atom is 0.165 e. The minimum atomic E-state index is -0.923. The van der Waals surface area contributed by atoms with Crippen LogP contribution in [0.3, 0.4) is 0 Å². The molecular weight excluding hydrogens is 258 g/mol. The molecule has 0 aliphatic heterocycles. The molecule has 1 aromatic rings. The smallest absolute Gasteiger partial charge is 0.165 e. The molecule has 0 aromatic heterocycles. The standard InChI is InChI=1S/C12H18ClNO4/c1-14-5-8-3-9(13)4-11(17-2)12(8)18-7-10(16)6-15/h3-4,10,14-16H,5-7H2,1-2H3. The van der Waals surface area contributed by atoms with Gasteiger partial charge in [0.25, 0.3) is 0 Å². The average Bonchev–Trinajstić information content (AvgIpc) is 2.36. The van der Waals surface area contributed by atoms with Crippen LogP contribution in [-0.4, -0.2) is 43.7 Å². The molecule has 0 radical (unpaired) electrons. The zero-order valence-corrected chi connectivity index (χ0v) is 11.2. The van der Waals surface area contributed by atoms with Gasteiger partial charge in [-0.1, -0.05) is 11.6 Å². The Kier molecular flexibility index (Phi) is 6.21. The molecule has 6 heteroatoms. The van der Waals surface area contributed by atoms with Crippen LogP contribution in [-0.2, 0) is 6.54 Å². The van der Waals surface area contributed by atoms with E-state index in [1.165, 1.54) is 7.11 Å². The van der Waals surface area contributed by atoms with E-state index in [2.05, 4.69) is 5.32 Å². The fourth-order valence-corrected chi connectivity index (χ4v) is 1.72. The summed E-state index contributed by atoms with van der Waals surface area (Å²) in [6.45, 7) is 0.198. The average molecular weight is 276 g/mol. The van der Waals surface area contributed by atoms with Crippen molar-refractivity contribution in [2.24, 2.45) is 0 Å². The molecule has 1 rings (SSSR count). The lowest BCUT2D eigenvalue weighted by atomic mass is 10.2. The van der Waals surface area contributed by atoms with E-state index >= 15 is 0 Å². The molecule has 0 spiro atoms. The van der Waals surface area contributed by atoms with Gasteiger partial charge < -0.3 is 25.0 Å². The molecule has 18 heavy (non-hydrogen) atoms. The van der Waals surface area contributed by atoms with Gasteiger partial charge in [0.1, 0.15) is 12.7 Å². The van der Waals surface area contributed by atoms with E-state index in [1.54, 1.807) is 19.2 Å². The van der Waals surface area contributed by atoms with Gasteiger partial charge in [-0.3, -0.25) is 0 Å². The van der Waals surface area contributed by atoms with Gasteiger partial charge in [0.15, 0.2) is 11.5 Å². The Hall–Kier alpha value is -1.01. The van der Waals surface area contributed by atoms with Gasteiger partial charge in [-0.2, -0.15) is 0 Å². The first kappa shape index (κ1) is 15.0. The quantitative estimate of drug-likeness (QED) is 0.687. The van der Waals surface area contributed by atoms with Gasteiger partial charge in [0.05, 0.1) is 13.7 Å². The number of ether oxygens (including phenoxy) is 2. The second-order valence-electron chi connectivity index (χ2n) is 3.77. The number of benzene rings is 1. The molecule has 0 saturated heterocycles. The molecule has 0 amide bonds. The first-order valence-corrected chi connectivity index (χ1v) is 5.92. The zero-order chi connectivity index (χ0) is 13.5. The highest BCUT2D eigenvalue weighted by Crippen LogP contribution is 2.34. The lowest BCUT2D eigenvalue weighted by Crippen LogP contribution is -2.22. The summed E-state index contributed by atoms with van der Waals surface area (Å²) in [4.78, 5) is 0. The van der Waals surface area contributed by atoms with Gasteiger partial charge in [0.2, 0.25) is 0 Å². The second-order valence-corrected chi connectivity index (χ2v) is 4.21. The molecule has 1 aromatic carbocycles. The first-order valence-electron chi connectivity index (χ1n) is 5.55. The number of methoxy groups -OCH3 is 1. The Morgan fingerprint density at radius 1 is 1.44 bits per heavy atom. The SMILES string of the molecule is CNCc1cc(Cl)cc(OC)c1OCC(O)CO. The predicted molar refractivity (Wildman–Crippen MR) is 69.4 cm³/mol. The minimum Gasteiger partial charge on any atom is -0.493 e. The van der Waals surface area contributed by atoms with Crippen LogP contribution in [0, 0.1) is 0 Å². The van der Waals surface area contributed by atoms with Crippen molar-refractivity contribution in [3.63, 3.8) is 0 Å². The van der Waals surface area contributed by atoms with Gasteiger partial charge in [-0.15, -0.1) is 0 Å². The number of nitrogens with one attached hydrogen (secondary N) is 1. The van der Waals surface area contributed by atoms with E-state index < -0.39 is 6.10 Å². The minimum absolute atomic E-state index is 0.00872. The lowest BCUT2D eigenvalue weighted by Gasteiger charge is -2.17. The third-order valence-corrected chi connectivity index (χ3v) is 2.53. The Morgan fingerprint density at radius 2 is 2.17 bits per heavy atom. The maximum atomic E-state index is 9.30. The van der Waals surface area contributed by atoms with Crippen molar-refractivity contribution >= 4 is 11.6 Å². The molecule has 0 aliphatic carbocycles. The number of rotatable bonds is 7. The molecule has 102 valence electrons. The van der Waals surface area contributed by atoms with E-state index in [0.717, 1.165) is 5.56 Å². The van der Waals surface area contributed by atoms with E-state index in [9.17, 15) is 5.11 Å². The van der Waals surface area contributed by atoms with E-state index in [4.69, 9.17) is 26.2 Å². The Balaban J connectivity index is 2.97. The number of hydrogen-bond donors (Lipinski definition) is 3. The lowest BCUT2D eigenvalue weighted by molar-refractivity contribution is 0.0524. The summed E-state index contributed by atoms with van der Waals surface area (Å²) in [5.74, 6) is 1.02. The summed E-state index contributed by atoms with van der Waals surface area (Å²) >= 11 is 5.97. The van der Waals surface area contributed by atoms with Crippen LogP contribution in [0.25, 0.3) is 0 Å². The molecule has 0 aliphatic rings. The molecule has 0 saturated carbocycles. The van der Waals surface area contributed by atoms with Gasteiger partial charge in [-0.05, 0) is 13.1 Å². The molecule has 1 atom stereocenters. The number of aliphatic hydroxyl groups excluding tert-OH is 2.